The number of nitrogens with one attached hydrogen (secondary N) is 1. The molecule has 0 fully saturated rings. The number of hydrogen-bond donors (Lipinski definition) is 1. The van der Waals surface area contributed by atoms with Gasteiger partial charge in [0.15, 0.2) is 6.61 Å². The largest absolute Gasteiger partial charge is 0.497 e. The molecule has 0 saturated carbocycles. The Labute approximate surface area is 165 Å². The van der Waals surface area contributed by atoms with Crippen molar-refractivity contribution in [2.75, 3.05) is 31.9 Å². The van der Waals surface area contributed by atoms with Crippen LogP contribution in [-0.4, -0.2) is 43.4 Å². The van der Waals surface area contributed by atoms with E-state index in [0.29, 0.717) is 22.1 Å². The van der Waals surface area contributed by atoms with Crippen LogP contribution in [0.5, 0.6) is 11.5 Å². The summed E-state index contributed by atoms with van der Waals surface area (Å²) in [6.07, 6.45) is 0. The molecule has 0 aliphatic heterocycles. The Morgan fingerprint density at radius 3 is 2.43 bits per heavy atom. The number of hydrogen-bond acceptors (Lipinski definition) is 8. The molecule has 0 bridgehead atoms. The summed E-state index contributed by atoms with van der Waals surface area (Å²) < 4.78 is 15.2. The summed E-state index contributed by atoms with van der Waals surface area (Å²) in [4.78, 5) is 34.5. The molecule has 1 amide bonds. The van der Waals surface area contributed by atoms with Crippen LogP contribution in [-0.2, 0) is 14.3 Å². The molecule has 0 spiro atoms. The average molecular weight is 406 g/mol. The van der Waals surface area contributed by atoms with Crippen LogP contribution in [0.2, 0.25) is 0 Å². The lowest BCUT2D eigenvalue weighted by atomic mass is 10.2. The van der Waals surface area contributed by atoms with Gasteiger partial charge in [-0.05, 0) is 24.3 Å². The van der Waals surface area contributed by atoms with Crippen molar-refractivity contribution in [1.82, 2.24) is 0 Å². The number of non-ortho nitro benzene ring substituents is 1. The van der Waals surface area contributed by atoms with Crippen LogP contribution >= 0.6 is 11.8 Å². The number of amides is 1. The molecule has 0 aromatic heterocycles. The Kier molecular flexibility index (Phi) is 7.64. The number of nitrogens with zero attached hydrogens (tertiary/aromatic N) is 1. The lowest BCUT2D eigenvalue weighted by Gasteiger charge is -2.11. The Balaban J connectivity index is 1.79. The molecule has 0 aliphatic carbocycles. The van der Waals surface area contributed by atoms with E-state index in [1.54, 1.807) is 30.3 Å². The third kappa shape index (κ3) is 6.16. The number of anilines is 1. The van der Waals surface area contributed by atoms with E-state index < -0.39 is 23.4 Å². The van der Waals surface area contributed by atoms with Gasteiger partial charge in [-0.1, -0.05) is 0 Å². The first kappa shape index (κ1) is 21.0. The number of carbonyl (C=O) groups excluding carboxylic acids is 2. The Bertz CT molecular complexity index is 856. The number of nitro groups is 1. The predicted octanol–water partition coefficient (Wildman–Crippen LogP) is 2.89. The van der Waals surface area contributed by atoms with Crippen molar-refractivity contribution >= 4 is 35.0 Å². The molecule has 2 rings (SSSR count). The van der Waals surface area contributed by atoms with Gasteiger partial charge in [-0.2, -0.15) is 0 Å². The SMILES string of the molecule is COc1ccc(NC(=O)COC(=O)CSc2ccc([N+](=O)[O-])cc2)c(OC)c1. The Morgan fingerprint density at radius 1 is 1.11 bits per heavy atom. The maximum atomic E-state index is 12.0. The minimum Gasteiger partial charge on any atom is -0.497 e. The van der Waals surface area contributed by atoms with Crippen molar-refractivity contribution in [2.24, 2.45) is 0 Å². The van der Waals surface area contributed by atoms with Crippen molar-refractivity contribution in [3.8, 4) is 11.5 Å². The molecule has 0 radical (unpaired) electrons. The molecule has 10 heteroatoms. The van der Waals surface area contributed by atoms with Crippen LogP contribution in [0.1, 0.15) is 0 Å². The standard InChI is InChI=1S/C18H18N2O7S/c1-25-13-5-8-15(16(9-13)26-2)19-17(21)10-27-18(22)11-28-14-6-3-12(4-7-14)20(23)24/h3-9H,10-11H2,1-2H3,(H,19,21). The fraction of sp³-hybridized carbons (Fsp3) is 0.222. The molecule has 0 saturated heterocycles. The maximum absolute atomic E-state index is 12.0. The molecule has 0 aliphatic rings. The average Bonchev–Trinajstić information content (AvgIpc) is 2.71. The van der Waals surface area contributed by atoms with Gasteiger partial charge in [0.05, 0.1) is 30.6 Å². The second kappa shape index (κ2) is 10.2. The molecule has 2 aromatic rings. The van der Waals surface area contributed by atoms with E-state index in [-0.39, 0.29) is 11.4 Å². The van der Waals surface area contributed by atoms with E-state index in [9.17, 15) is 19.7 Å². The third-order valence-electron chi connectivity index (χ3n) is 3.45. The van der Waals surface area contributed by atoms with Gasteiger partial charge in [-0.15, -0.1) is 11.8 Å². The number of rotatable bonds is 9. The molecule has 9 nitrogen and oxygen atoms in total. The van der Waals surface area contributed by atoms with Crippen LogP contribution in [0.25, 0.3) is 0 Å². The fourth-order valence-corrected chi connectivity index (χ4v) is 2.78. The van der Waals surface area contributed by atoms with Gasteiger partial charge in [0.1, 0.15) is 11.5 Å². The number of ether oxygens (including phenoxy) is 3. The zero-order valence-corrected chi connectivity index (χ0v) is 16.0. The third-order valence-corrected chi connectivity index (χ3v) is 4.44. The van der Waals surface area contributed by atoms with Gasteiger partial charge in [0, 0.05) is 23.1 Å². The zero-order valence-electron chi connectivity index (χ0n) is 15.2. The summed E-state index contributed by atoms with van der Waals surface area (Å²) in [5.41, 5.74) is 0.391. The molecule has 0 heterocycles. The van der Waals surface area contributed by atoms with Gasteiger partial charge in [-0.25, -0.2) is 0 Å². The minimum atomic E-state index is -0.583. The van der Waals surface area contributed by atoms with Crippen molar-refractivity contribution in [3.05, 3.63) is 52.6 Å². The predicted molar refractivity (Wildman–Crippen MR) is 103 cm³/mol. The molecular formula is C18H18N2O7S. The number of nitro benzene ring substituents is 1. The molecular weight excluding hydrogens is 388 g/mol. The van der Waals surface area contributed by atoms with E-state index in [1.807, 2.05) is 0 Å². The molecule has 2 aromatic carbocycles. The van der Waals surface area contributed by atoms with Crippen LogP contribution in [0.4, 0.5) is 11.4 Å². The number of methoxy groups -OCH3 is 2. The fourth-order valence-electron chi connectivity index (χ4n) is 2.08. The first-order valence-corrected chi connectivity index (χ1v) is 8.96. The molecule has 148 valence electrons. The van der Waals surface area contributed by atoms with E-state index in [0.717, 1.165) is 11.8 Å². The highest BCUT2D eigenvalue weighted by Crippen LogP contribution is 2.29. The van der Waals surface area contributed by atoms with E-state index in [4.69, 9.17) is 14.2 Å². The number of esters is 1. The normalized spacial score (nSPS) is 10.1. The number of benzene rings is 2. The van der Waals surface area contributed by atoms with Crippen LogP contribution in [0.3, 0.4) is 0 Å². The van der Waals surface area contributed by atoms with Gasteiger partial charge in [0.25, 0.3) is 11.6 Å². The molecule has 0 atom stereocenters. The summed E-state index contributed by atoms with van der Waals surface area (Å²) in [6, 6.07) is 10.7. The molecule has 28 heavy (non-hydrogen) atoms. The summed E-state index contributed by atoms with van der Waals surface area (Å²) in [7, 11) is 2.97. The lowest BCUT2D eigenvalue weighted by molar-refractivity contribution is -0.384. The van der Waals surface area contributed by atoms with Gasteiger partial charge in [-0.3, -0.25) is 19.7 Å². The van der Waals surface area contributed by atoms with Crippen LogP contribution < -0.4 is 14.8 Å². The second-order valence-electron chi connectivity index (χ2n) is 5.31. The maximum Gasteiger partial charge on any atom is 0.316 e. The monoisotopic (exact) mass is 406 g/mol. The van der Waals surface area contributed by atoms with E-state index in [1.165, 1.54) is 26.4 Å². The topological polar surface area (TPSA) is 117 Å². The Morgan fingerprint density at radius 2 is 1.82 bits per heavy atom. The first-order valence-electron chi connectivity index (χ1n) is 7.97. The Hall–Kier alpha value is -3.27. The summed E-state index contributed by atoms with van der Waals surface area (Å²) >= 11 is 1.15. The van der Waals surface area contributed by atoms with E-state index in [2.05, 4.69) is 5.32 Å². The smallest absolute Gasteiger partial charge is 0.316 e. The van der Waals surface area contributed by atoms with Crippen molar-refractivity contribution in [1.29, 1.82) is 0 Å². The quantitative estimate of drug-likeness (QED) is 0.292. The van der Waals surface area contributed by atoms with Crippen molar-refractivity contribution in [2.45, 2.75) is 4.90 Å². The highest BCUT2D eigenvalue weighted by atomic mass is 32.2. The zero-order chi connectivity index (χ0) is 20.5. The lowest BCUT2D eigenvalue weighted by Crippen LogP contribution is -2.21. The first-order chi connectivity index (χ1) is 13.4. The molecule has 1 N–H and O–H groups in total. The van der Waals surface area contributed by atoms with Crippen molar-refractivity contribution < 1.29 is 28.7 Å². The van der Waals surface area contributed by atoms with Gasteiger partial charge < -0.3 is 19.5 Å². The highest BCUT2D eigenvalue weighted by Gasteiger charge is 2.12. The highest BCUT2D eigenvalue weighted by molar-refractivity contribution is 8.00. The van der Waals surface area contributed by atoms with E-state index >= 15 is 0 Å². The number of thioether (sulfide) groups is 1. The summed E-state index contributed by atoms with van der Waals surface area (Å²) in [5.74, 6) is -0.147. The minimum absolute atomic E-state index is 0.0300. The summed E-state index contributed by atoms with van der Waals surface area (Å²) in [5, 5.41) is 13.2. The second-order valence-corrected chi connectivity index (χ2v) is 6.36. The molecule has 0 unspecified atom stereocenters. The van der Waals surface area contributed by atoms with Gasteiger partial charge >= 0.3 is 5.97 Å². The van der Waals surface area contributed by atoms with Gasteiger partial charge in [0.2, 0.25) is 0 Å². The summed E-state index contributed by atoms with van der Waals surface area (Å²) in [6.45, 7) is -0.450. The van der Waals surface area contributed by atoms with Crippen LogP contribution in [0.15, 0.2) is 47.4 Å². The number of carbonyl (C=O) groups is 2. The van der Waals surface area contributed by atoms with Crippen molar-refractivity contribution in [3.63, 3.8) is 0 Å². The van der Waals surface area contributed by atoms with Crippen LogP contribution in [0, 0.1) is 10.1 Å².